The highest BCUT2D eigenvalue weighted by molar-refractivity contribution is 5.95. The maximum Gasteiger partial charge on any atom is 0.258 e. The molecule has 0 atom stereocenters. The molecule has 5 heteroatoms. The van der Waals surface area contributed by atoms with Crippen LogP contribution in [0, 0.1) is 13.8 Å². The average Bonchev–Trinajstić information content (AvgIpc) is 2.98. The summed E-state index contributed by atoms with van der Waals surface area (Å²) in [7, 11) is 2.02. The Morgan fingerprint density at radius 3 is 2.56 bits per heavy atom. The third-order valence-corrected chi connectivity index (χ3v) is 5.59. The van der Waals surface area contributed by atoms with Crippen LogP contribution in [-0.4, -0.2) is 26.6 Å². The molecule has 134 valence electrons. The van der Waals surface area contributed by atoms with Crippen LogP contribution in [0.1, 0.15) is 77.7 Å². The molecule has 2 heterocycles. The number of rotatable bonds is 5. The Morgan fingerprint density at radius 1 is 1.24 bits per heavy atom. The molecule has 0 aliphatic heterocycles. The van der Waals surface area contributed by atoms with Crippen LogP contribution in [0.2, 0.25) is 0 Å². The molecular formula is C20H27N3O2. The van der Waals surface area contributed by atoms with E-state index in [0.717, 1.165) is 24.3 Å². The van der Waals surface area contributed by atoms with Crippen molar-refractivity contribution in [1.82, 2.24) is 14.7 Å². The van der Waals surface area contributed by atoms with E-state index < -0.39 is 0 Å². The Morgan fingerprint density at radius 2 is 1.96 bits per heavy atom. The normalized spacial score (nSPS) is 18.0. The van der Waals surface area contributed by atoms with E-state index in [2.05, 4.69) is 11.2 Å². The minimum absolute atomic E-state index is 0.0832. The molecule has 0 aromatic carbocycles. The number of carbonyl (C=O) groups excluding carboxylic acids is 1. The van der Waals surface area contributed by atoms with Crippen LogP contribution >= 0.6 is 0 Å². The lowest BCUT2D eigenvalue weighted by Crippen LogP contribution is -2.38. The van der Waals surface area contributed by atoms with Crippen LogP contribution in [-0.2, 0) is 13.6 Å². The quantitative estimate of drug-likeness (QED) is 0.823. The average molecular weight is 341 g/mol. The molecule has 0 radical (unpaired) electrons. The van der Waals surface area contributed by atoms with Crippen LogP contribution in [0.15, 0.2) is 16.5 Å². The summed E-state index contributed by atoms with van der Waals surface area (Å²) in [6, 6.07) is 4.38. The maximum atomic E-state index is 13.2. The smallest absolute Gasteiger partial charge is 0.258 e. The second kappa shape index (κ2) is 6.36. The van der Waals surface area contributed by atoms with Gasteiger partial charge in [-0.05, 0) is 51.7 Å². The van der Waals surface area contributed by atoms with Crippen LogP contribution in [0.4, 0.5) is 0 Å². The second-order valence-electron chi connectivity index (χ2n) is 7.66. The van der Waals surface area contributed by atoms with Crippen molar-refractivity contribution < 1.29 is 9.21 Å². The Kier molecular flexibility index (Phi) is 4.18. The first-order chi connectivity index (χ1) is 12.0. The number of hydrogen-bond acceptors (Lipinski definition) is 3. The zero-order valence-electron chi connectivity index (χ0n) is 15.4. The van der Waals surface area contributed by atoms with Gasteiger partial charge in [-0.15, -0.1) is 0 Å². The van der Waals surface area contributed by atoms with Gasteiger partial charge in [-0.1, -0.05) is 12.8 Å². The molecule has 4 rings (SSSR count). The zero-order chi connectivity index (χ0) is 17.6. The van der Waals surface area contributed by atoms with E-state index in [1.54, 1.807) is 0 Å². The van der Waals surface area contributed by atoms with Gasteiger partial charge < -0.3 is 9.32 Å². The Labute approximate surface area is 149 Å². The van der Waals surface area contributed by atoms with Crippen molar-refractivity contribution in [1.29, 1.82) is 0 Å². The molecule has 2 aromatic rings. The number of aromatic nitrogens is 2. The van der Waals surface area contributed by atoms with E-state index in [4.69, 9.17) is 4.42 Å². The molecule has 2 fully saturated rings. The summed E-state index contributed by atoms with van der Waals surface area (Å²) in [5.74, 6) is 2.26. The summed E-state index contributed by atoms with van der Waals surface area (Å²) < 4.78 is 7.59. The third-order valence-electron chi connectivity index (χ3n) is 5.59. The fraction of sp³-hybridized carbons (Fsp3) is 0.600. The lowest BCUT2D eigenvalue weighted by atomic mass is 10.1. The number of amides is 1. The predicted octanol–water partition coefficient (Wildman–Crippen LogP) is 4.09. The molecule has 0 saturated heterocycles. The molecule has 2 aromatic heterocycles. The number of hydrogen-bond donors (Lipinski definition) is 0. The summed E-state index contributed by atoms with van der Waals surface area (Å²) in [4.78, 5) is 15.3. The highest BCUT2D eigenvalue weighted by Crippen LogP contribution is 2.40. The lowest BCUT2D eigenvalue weighted by Gasteiger charge is -2.28. The van der Waals surface area contributed by atoms with E-state index in [9.17, 15) is 4.79 Å². The maximum absolute atomic E-state index is 13.2. The number of carbonyl (C=O) groups is 1. The Hall–Kier alpha value is -2.04. The zero-order valence-corrected chi connectivity index (χ0v) is 15.4. The largest absolute Gasteiger partial charge is 0.466 e. The topological polar surface area (TPSA) is 51.3 Å². The van der Waals surface area contributed by atoms with E-state index in [0.29, 0.717) is 29.8 Å². The van der Waals surface area contributed by atoms with Crippen LogP contribution in [0.3, 0.4) is 0 Å². The standard InChI is InChI=1S/C20H27N3O2/c1-13-10-18(14(2)25-13)20(24)23(17-6-4-5-7-17)12-16-11-19(15-8-9-15)22(3)21-16/h10-11,15,17H,4-9,12H2,1-3H3. The SMILES string of the molecule is Cc1cc(C(=O)N(Cc2cc(C3CC3)n(C)n2)C2CCCC2)c(C)o1. The van der Waals surface area contributed by atoms with Gasteiger partial charge in [0, 0.05) is 24.7 Å². The first kappa shape index (κ1) is 16.4. The lowest BCUT2D eigenvalue weighted by molar-refractivity contribution is 0.0659. The van der Waals surface area contributed by atoms with Gasteiger partial charge in [0.25, 0.3) is 5.91 Å². The minimum Gasteiger partial charge on any atom is -0.466 e. The molecular weight excluding hydrogens is 314 g/mol. The van der Waals surface area contributed by atoms with E-state index >= 15 is 0 Å². The van der Waals surface area contributed by atoms with Crippen LogP contribution < -0.4 is 0 Å². The summed E-state index contributed by atoms with van der Waals surface area (Å²) >= 11 is 0. The molecule has 5 nitrogen and oxygen atoms in total. The van der Waals surface area contributed by atoms with Gasteiger partial charge in [0.05, 0.1) is 17.8 Å². The van der Waals surface area contributed by atoms with Gasteiger partial charge in [-0.3, -0.25) is 9.48 Å². The van der Waals surface area contributed by atoms with Gasteiger partial charge >= 0.3 is 0 Å². The number of furan rings is 1. The molecule has 0 spiro atoms. The fourth-order valence-electron chi connectivity index (χ4n) is 4.14. The van der Waals surface area contributed by atoms with E-state index in [1.807, 2.05) is 36.5 Å². The molecule has 0 unspecified atom stereocenters. The second-order valence-corrected chi connectivity index (χ2v) is 7.66. The van der Waals surface area contributed by atoms with E-state index in [1.165, 1.54) is 31.4 Å². The monoisotopic (exact) mass is 341 g/mol. The van der Waals surface area contributed by atoms with Crippen molar-refractivity contribution in [3.63, 3.8) is 0 Å². The minimum atomic E-state index is 0.0832. The van der Waals surface area contributed by atoms with Crippen LogP contribution in [0.5, 0.6) is 0 Å². The first-order valence-electron chi connectivity index (χ1n) is 9.43. The van der Waals surface area contributed by atoms with Gasteiger partial charge in [0.15, 0.2) is 0 Å². The first-order valence-corrected chi connectivity index (χ1v) is 9.43. The molecule has 2 saturated carbocycles. The molecule has 25 heavy (non-hydrogen) atoms. The van der Waals surface area contributed by atoms with Gasteiger partial charge in [0.2, 0.25) is 0 Å². The van der Waals surface area contributed by atoms with Gasteiger partial charge in [-0.25, -0.2) is 0 Å². The Balaban J connectivity index is 1.60. The summed E-state index contributed by atoms with van der Waals surface area (Å²) in [5.41, 5.74) is 3.01. The third kappa shape index (κ3) is 3.24. The predicted molar refractivity (Wildman–Crippen MR) is 95.5 cm³/mol. The molecule has 2 aliphatic carbocycles. The van der Waals surface area contributed by atoms with E-state index in [-0.39, 0.29) is 5.91 Å². The highest BCUT2D eigenvalue weighted by Gasteiger charge is 2.31. The van der Waals surface area contributed by atoms with Gasteiger partial charge in [-0.2, -0.15) is 5.10 Å². The molecule has 1 amide bonds. The van der Waals surface area contributed by atoms with Crippen LogP contribution in [0.25, 0.3) is 0 Å². The van der Waals surface area contributed by atoms with Crippen molar-refractivity contribution in [2.45, 2.75) is 70.9 Å². The van der Waals surface area contributed by atoms with Crippen molar-refractivity contribution in [3.05, 3.63) is 40.6 Å². The van der Waals surface area contributed by atoms with Crippen molar-refractivity contribution in [2.24, 2.45) is 7.05 Å². The number of aryl methyl sites for hydroxylation is 3. The summed E-state index contributed by atoms with van der Waals surface area (Å²) in [6.45, 7) is 4.36. The summed E-state index contributed by atoms with van der Waals surface area (Å²) in [6.07, 6.45) is 7.10. The molecule has 0 bridgehead atoms. The van der Waals surface area contributed by atoms with Crippen molar-refractivity contribution in [3.8, 4) is 0 Å². The molecule has 2 aliphatic rings. The summed E-state index contributed by atoms with van der Waals surface area (Å²) in [5, 5.41) is 4.69. The number of nitrogens with zero attached hydrogens (tertiary/aromatic N) is 3. The highest BCUT2D eigenvalue weighted by atomic mass is 16.3. The van der Waals surface area contributed by atoms with Crippen molar-refractivity contribution in [2.75, 3.05) is 0 Å². The van der Waals surface area contributed by atoms with Crippen molar-refractivity contribution >= 4 is 5.91 Å². The van der Waals surface area contributed by atoms with Gasteiger partial charge in [0.1, 0.15) is 11.5 Å². The fourth-order valence-corrected chi connectivity index (χ4v) is 4.14. The molecule has 0 N–H and O–H groups in total. The Bertz CT molecular complexity index is 779.